The fourth-order valence-corrected chi connectivity index (χ4v) is 8.42. The quantitative estimate of drug-likeness (QED) is 0.181. The van der Waals surface area contributed by atoms with E-state index in [1.165, 1.54) is 60.7 Å². The molecule has 0 fully saturated rings. The van der Waals surface area contributed by atoms with Gasteiger partial charge in [-0.1, -0.05) is 178 Å². The zero-order valence-corrected chi connectivity index (χ0v) is 29.7. The first-order valence-electron chi connectivity index (χ1n) is 18.3. The Balaban J connectivity index is 1.12. The van der Waals surface area contributed by atoms with E-state index in [9.17, 15) is 0 Å². The lowest BCUT2D eigenvalue weighted by Gasteiger charge is -2.21. The minimum Gasteiger partial charge on any atom is -0.228 e. The van der Waals surface area contributed by atoms with E-state index in [4.69, 9.17) is 9.97 Å². The Kier molecular flexibility index (Phi) is 7.19. The Labute approximate surface area is 310 Å². The first kappa shape index (κ1) is 31.1. The van der Waals surface area contributed by atoms with Gasteiger partial charge in [0.25, 0.3) is 0 Å². The average molecular weight is 677 g/mol. The molecule has 0 N–H and O–H groups in total. The van der Waals surface area contributed by atoms with E-state index in [0.717, 1.165) is 33.5 Å². The van der Waals surface area contributed by atoms with Crippen molar-refractivity contribution in [1.82, 2.24) is 9.97 Å². The van der Waals surface area contributed by atoms with Crippen LogP contribution in [0, 0.1) is 0 Å². The maximum Gasteiger partial charge on any atom is 0.160 e. The summed E-state index contributed by atoms with van der Waals surface area (Å²) in [5.41, 5.74) is 15.3. The van der Waals surface area contributed by atoms with Crippen LogP contribution in [0.5, 0.6) is 0 Å². The minimum absolute atomic E-state index is 0.0406. The number of fused-ring (bicyclic) bond motifs is 5. The Morgan fingerprint density at radius 2 is 0.962 bits per heavy atom. The van der Waals surface area contributed by atoms with E-state index < -0.39 is 0 Å². The maximum atomic E-state index is 5.22. The van der Waals surface area contributed by atoms with Crippen molar-refractivity contribution in [2.45, 2.75) is 19.3 Å². The fraction of sp³-hybridized carbons (Fsp3) is 0.0588. The normalized spacial score (nSPS) is 12.9. The molecule has 0 atom stereocenters. The monoisotopic (exact) mass is 676 g/mol. The summed E-state index contributed by atoms with van der Waals surface area (Å²) in [6, 6.07) is 65.5. The smallest absolute Gasteiger partial charge is 0.160 e. The summed E-state index contributed by atoms with van der Waals surface area (Å²) >= 11 is 0. The summed E-state index contributed by atoms with van der Waals surface area (Å²) in [5.74, 6) is 0.715. The summed E-state index contributed by atoms with van der Waals surface area (Å²) in [6.45, 7) is 4.69. The van der Waals surface area contributed by atoms with Gasteiger partial charge in [-0.15, -0.1) is 0 Å². The van der Waals surface area contributed by atoms with Gasteiger partial charge in [-0.05, 0) is 84.3 Å². The second-order valence-electron chi connectivity index (χ2n) is 14.6. The van der Waals surface area contributed by atoms with Crippen LogP contribution in [-0.2, 0) is 5.41 Å². The third-order valence-electron chi connectivity index (χ3n) is 11.1. The molecule has 1 aliphatic rings. The Morgan fingerprint density at radius 1 is 0.358 bits per heavy atom. The molecule has 0 saturated carbocycles. The number of benzene rings is 8. The molecule has 1 aromatic heterocycles. The molecule has 8 aromatic carbocycles. The Bertz CT molecular complexity index is 2870. The average Bonchev–Trinajstić information content (AvgIpc) is 3.46. The van der Waals surface area contributed by atoms with Gasteiger partial charge in [0.1, 0.15) is 0 Å². The molecule has 0 unspecified atom stereocenters. The highest BCUT2D eigenvalue weighted by Crippen LogP contribution is 2.52. The van der Waals surface area contributed by atoms with Crippen molar-refractivity contribution in [2.24, 2.45) is 0 Å². The summed E-state index contributed by atoms with van der Waals surface area (Å²) in [6.07, 6.45) is 0. The van der Waals surface area contributed by atoms with Crippen molar-refractivity contribution in [3.05, 3.63) is 193 Å². The SMILES string of the molecule is CC1(C)c2ccccc2-c2c(-c3cccc(-c4ccc(-c5cc(-c6ccc7ccccc7c6)nc(-c6ccccc6)n5)c5ccccc45)c3)cccc21. The van der Waals surface area contributed by atoms with Crippen molar-refractivity contribution in [1.29, 1.82) is 0 Å². The Hall–Kier alpha value is -6.64. The topological polar surface area (TPSA) is 25.8 Å². The van der Waals surface area contributed by atoms with Gasteiger partial charge in [-0.3, -0.25) is 0 Å². The number of aromatic nitrogens is 2. The van der Waals surface area contributed by atoms with Crippen LogP contribution in [0.15, 0.2) is 182 Å². The van der Waals surface area contributed by atoms with Crippen LogP contribution in [-0.4, -0.2) is 9.97 Å². The van der Waals surface area contributed by atoms with Gasteiger partial charge in [0.05, 0.1) is 11.4 Å². The van der Waals surface area contributed by atoms with Crippen molar-refractivity contribution < 1.29 is 0 Å². The molecule has 0 saturated heterocycles. The second-order valence-corrected chi connectivity index (χ2v) is 14.6. The van der Waals surface area contributed by atoms with E-state index in [1.807, 2.05) is 18.2 Å². The molecule has 1 heterocycles. The van der Waals surface area contributed by atoms with Crippen LogP contribution in [0.3, 0.4) is 0 Å². The molecule has 0 spiro atoms. The van der Waals surface area contributed by atoms with Gasteiger partial charge in [0, 0.05) is 22.1 Å². The van der Waals surface area contributed by atoms with E-state index >= 15 is 0 Å². The predicted molar refractivity (Wildman–Crippen MR) is 222 cm³/mol. The van der Waals surface area contributed by atoms with Crippen molar-refractivity contribution in [3.8, 4) is 67.3 Å². The molecule has 9 aromatic rings. The minimum atomic E-state index is -0.0406. The maximum absolute atomic E-state index is 5.22. The lowest BCUT2D eigenvalue weighted by molar-refractivity contribution is 0.660. The molecule has 1 aliphatic carbocycles. The van der Waals surface area contributed by atoms with Gasteiger partial charge >= 0.3 is 0 Å². The summed E-state index contributed by atoms with van der Waals surface area (Å²) in [5, 5.41) is 4.76. The molecule has 250 valence electrons. The molecule has 53 heavy (non-hydrogen) atoms. The highest BCUT2D eigenvalue weighted by atomic mass is 14.9. The lowest BCUT2D eigenvalue weighted by Crippen LogP contribution is -2.14. The highest BCUT2D eigenvalue weighted by Gasteiger charge is 2.36. The number of hydrogen-bond donors (Lipinski definition) is 0. The first-order valence-corrected chi connectivity index (χ1v) is 18.3. The zero-order valence-electron chi connectivity index (χ0n) is 29.7. The van der Waals surface area contributed by atoms with Crippen LogP contribution in [0.1, 0.15) is 25.0 Å². The molecule has 2 nitrogen and oxygen atoms in total. The van der Waals surface area contributed by atoms with E-state index in [0.29, 0.717) is 5.82 Å². The molecule has 0 bridgehead atoms. The van der Waals surface area contributed by atoms with E-state index in [2.05, 4.69) is 178 Å². The summed E-state index contributed by atoms with van der Waals surface area (Å²) < 4.78 is 0. The van der Waals surface area contributed by atoms with E-state index in [1.54, 1.807) is 0 Å². The summed E-state index contributed by atoms with van der Waals surface area (Å²) in [7, 11) is 0. The van der Waals surface area contributed by atoms with Crippen LogP contribution in [0.4, 0.5) is 0 Å². The molecular formula is C51H36N2. The summed E-state index contributed by atoms with van der Waals surface area (Å²) in [4.78, 5) is 10.3. The van der Waals surface area contributed by atoms with Crippen LogP contribution < -0.4 is 0 Å². The van der Waals surface area contributed by atoms with Crippen molar-refractivity contribution in [3.63, 3.8) is 0 Å². The van der Waals surface area contributed by atoms with Gasteiger partial charge in [-0.25, -0.2) is 9.97 Å². The standard InChI is InChI=1S/C51H36N2/c1-51(2)45-24-11-10-22-44(45)49-40(23-13-25-46(49)51)37-19-12-18-36(31-37)39-28-29-43(42-21-9-8-20-41(39)42)48-32-47(52-50(53-48)34-15-4-3-5-16-34)38-27-26-33-14-6-7-17-35(33)30-38/h3-32H,1-2H3. The number of nitrogens with zero attached hydrogens (tertiary/aromatic N) is 2. The Morgan fingerprint density at radius 3 is 1.81 bits per heavy atom. The van der Waals surface area contributed by atoms with Gasteiger partial charge in [0.15, 0.2) is 5.82 Å². The zero-order chi connectivity index (χ0) is 35.5. The largest absolute Gasteiger partial charge is 0.228 e. The van der Waals surface area contributed by atoms with E-state index in [-0.39, 0.29) is 5.41 Å². The predicted octanol–water partition coefficient (Wildman–Crippen LogP) is 13.4. The number of hydrogen-bond acceptors (Lipinski definition) is 2. The second kappa shape index (κ2) is 12.3. The van der Waals surface area contributed by atoms with Crippen LogP contribution >= 0.6 is 0 Å². The van der Waals surface area contributed by atoms with Crippen molar-refractivity contribution in [2.75, 3.05) is 0 Å². The number of rotatable bonds is 5. The van der Waals surface area contributed by atoms with Crippen LogP contribution in [0.2, 0.25) is 0 Å². The first-order chi connectivity index (χ1) is 26.0. The lowest BCUT2D eigenvalue weighted by atomic mass is 9.82. The molecule has 0 radical (unpaired) electrons. The molecule has 0 amide bonds. The van der Waals surface area contributed by atoms with Gasteiger partial charge in [0.2, 0.25) is 0 Å². The fourth-order valence-electron chi connectivity index (χ4n) is 8.42. The third-order valence-corrected chi connectivity index (χ3v) is 11.1. The van der Waals surface area contributed by atoms with Gasteiger partial charge in [-0.2, -0.15) is 0 Å². The molecule has 10 rings (SSSR count). The molecule has 2 heteroatoms. The van der Waals surface area contributed by atoms with Crippen molar-refractivity contribution >= 4 is 21.5 Å². The third kappa shape index (κ3) is 5.18. The molecular weight excluding hydrogens is 641 g/mol. The van der Waals surface area contributed by atoms with Gasteiger partial charge < -0.3 is 0 Å². The highest BCUT2D eigenvalue weighted by molar-refractivity contribution is 6.05. The van der Waals surface area contributed by atoms with Crippen LogP contribution in [0.25, 0.3) is 88.8 Å². The molecule has 0 aliphatic heterocycles.